The van der Waals surface area contributed by atoms with Crippen molar-refractivity contribution in [2.75, 3.05) is 12.0 Å². The highest BCUT2D eigenvalue weighted by Crippen LogP contribution is 2.40. The monoisotopic (exact) mass is 420 g/mol. The fourth-order valence-corrected chi connectivity index (χ4v) is 4.49. The Kier molecular flexibility index (Phi) is 5.13. The number of anilines is 1. The molecule has 2 atom stereocenters. The van der Waals surface area contributed by atoms with Crippen molar-refractivity contribution in [3.63, 3.8) is 0 Å². The molecule has 0 saturated heterocycles. The summed E-state index contributed by atoms with van der Waals surface area (Å²) in [7, 11) is 1.36. The van der Waals surface area contributed by atoms with Crippen molar-refractivity contribution in [1.82, 2.24) is 4.90 Å². The molecule has 0 N–H and O–H groups in total. The molecule has 4 rings (SSSR count). The number of ether oxygens (including phenoxy) is 1. The molecule has 7 heteroatoms. The molecule has 2 unspecified atom stereocenters. The van der Waals surface area contributed by atoms with Crippen LogP contribution in [-0.2, 0) is 9.53 Å². The number of imide groups is 1. The van der Waals surface area contributed by atoms with Crippen LogP contribution in [0.25, 0.3) is 0 Å². The SMILES string of the molecule is COC(=O)C1CC(C)N(C(=O)c2ccc3c(c2)C(=O)N(C(C)C)C3=O)c2ccccc21. The second-order valence-corrected chi connectivity index (χ2v) is 8.23. The topological polar surface area (TPSA) is 84.0 Å². The average Bonchev–Trinajstić information content (AvgIpc) is 3.01. The van der Waals surface area contributed by atoms with Gasteiger partial charge in [0.25, 0.3) is 17.7 Å². The van der Waals surface area contributed by atoms with Gasteiger partial charge in [-0.25, -0.2) is 0 Å². The van der Waals surface area contributed by atoms with Crippen LogP contribution in [0.5, 0.6) is 0 Å². The summed E-state index contributed by atoms with van der Waals surface area (Å²) >= 11 is 0. The van der Waals surface area contributed by atoms with E-state index < -0.39 is 5.92 Å². The number of benzene rings is 2. The summed E-state index contributed by atoms with van der Waals surface area (Å²) < 4.78 is 4.96. The van der Waals surface area contributed by atoms with Crippen molar-refractivity contribution in [2.24, 2.45) is 0 Å². The molecule has 0 fully saturated rings. The van der Waals surface area contributed by atoms with Crippen molar-refractivity contribution in [2.45, 2.75) is 45.2 Å². The molecule has 0 spiro atoms. The zero-order valence-corrected chi connectivity index (χ0v) is 17.9. The fraction of sp³-hybridized carbons (Fsp3) is 0.333. The standard InChI is InChI=1S/C24H24N2O5/c1-13(2)25-22(28)17-10-9-15(12-18(17)23(25)29)21(27)26-14(3)11-19(24(30)31-4)16-7-5-6-8-20(16)26/h5-10,12-14,19H,11H2,1-4H3. The summed E-state index contributed by atoms with van der Waals surface area (Å²) in [5.74, 6) is -1.79. The average molecular weight is 420 g/mol. The number of rotatable bonds is 3. The molecule has 2 heterocycles. The predicted molar refractivity (Wildman–Crippen MR) is 114 cm³/mol. The van der Waals surface area contributed by atoms with E-state index in [4.69, 9.17) is 4.74 Å². The third-order valence-corrected chi connectivity index (χ3v) is 5.98. The Hall–Kier alpha value is -3.48. The maximum absolute atomic E-state index is 13.5. The summed E-state index contributed by atoms with van der Waals surface area (Å²) in [6, 6.07) is 11.4. The van der Waals surface area contributed by atoms with Gasteiger partial charge in [-0.05, 0) is 57.0 Å². The highest BCUT2D eigenvalue weighted by Gasteiger charge is 2.40. The van der Waals surface area contributed by atoms with Crippen LogP contribution in [0.15, 0.2) is 42.5 Å². The molecule has 0 bridgehead atoms. The van der Waals surface area contributed by atoms with Gasteiger partial charge in [-0.1, -0.05) is 18.2 Å². The number of hydrogen-bond acceptors (Lipinski definition) is 5. The molecule has 0 saturated carbocycles. The molecule has 31 heavy (non-hydrogen) atoms. The summed E-state index contributed by atoms with van der Waals surface area (Å²) in [6.45, 7) is 5.43. The van der Waals surface area contributed by atoms with Gasteiger partial charge in [-0.2, -0.15) is 0 Å². The van der Waals surface area contributed by atoms with E-state index in [-0.39, 0.29) is 41.3 Å². The van der Waals surface area contributed by atoms with Crippen LogP contribution in [-0.4, -0.2) is 47.8 Å². The van der Waals surface area contributed by atoms with E-state index in [2.05, 4.69) is 0 Å². The van der Waals surface area contributed by atoms with Gasteiger partial charge in [-0.3, -0.25) is 24.1 Å². The first kappa shape index (κ1) is 20.8. The zero-order chi connectivity index (χ0) is 22.4. The number of para-hydroxylation sites is 1. The van der Waals surface area contributed by atoms with Gasteiger partial charge in [0, 0.05) is 23.3 Å². The Labute approximate surface area is 180 Å². The smallest absolute Gasteiger partial charge is 0.313 e. The van der Waals surface area contributed by atoms with Gasteiger partial charge in [-0.15, -0.1) is 0 Å². The minimum Gasteiger partial charge on any atom is -0.469 e. The first-order valence-electron chi connectivity index (χ1n) is 10.3. The summed E-state index contributed by atoms with van der Waals surface area (Å²) in [4.78, 5) is 54.0. The second-order valence-electron chi connectivity index (χ2n) is 8.23. The Bertz CT molecular complexity index is 1110. The van der Waals surface area contributed by atoms with Crippen LogP contribution in [0, 0.1) is 0 Å². The third-order valence-electron chi connectivity index (χ3n) is 5.98. The maximum Gasteiger partial charge on any atom is 0.313 e. The van der Waals surface area contributed by atoms with Crippen molar-refractivity contribution >= 4 is 29.4 Å². The van der Waals surface area contributed by atoms with Crippen molar-refractivity contribution in [3.05, 3.63) is 64.7 Å². The fourth-order valence-electron chi connectivity index (χ4n) is 4.49. The van der Waals surface area contributed by atoms with Gasteiger partial charge in [0.2, 0.25) is 0 Å². The van der Waals surface area contributed by atoms with Crippen molar-refractivity contribution < 1.29 is 23.9 Å². The number of carbonyl (C=O) groups is 4. The number of esters is 1. The van der Waals surface area contributed by atoms with Gasteiger partial charge in [0.05, 0.1) is 24.2 Å². The predicted octanol–water partition coefficient (Wildman–Crippen LogP) is 3.39. The Balaban J connectivity index is 1.73. The number of nitrogens with zero attached hydrogens (tertiary/aromatic N) is 2. The lowest BCUT2D eigenvalue weighted by molar-refractivity contribution is -0.142. The van der Waals surface area contributed by atoms with E-state index in [1.54, 1.807) is 36.9 Å². The Morgan fingerprint density at radius 3 is 2.39 bits per heavy atom. The van der Waals surface area contributed by atoms with Gasteiger partial charge >= 0.3 is 5.97 Å². The van der Waals surface area contributed by atoms with E-state index in [0.29, 0.717) is 23.2 Å². The Morgan fingerprint density at radius 1 is 1.03 bits per heavy atom. The van der Waals surface area contributed by atoms with E-state index in [1.807, 2.05) is 25.1 Å². The third kappa shape index (κ3) is 3.21. The van der Waals surface area contributed by atoms with Crippen LogP contribution in [0.3, 0.4) is 0 Å². The lowest BCUT2D eigenvalue weighted by atomic mass is 9.85. The highest BCUT2D eigenvalue weighted by atomic mass is 16.5. The van der Waals surface area contributed by atoms with E-state index in [1.165, 1.54) is 18.1 Å². The van der Waals surface area contributed by atoms with E-state index in [0.717, 1.165) is 5.56 Å². The van der Waals surface area contributed by atoms with Crippen molar-refractivity contribution in [1.29, 1.82) is 0 Å². The number of amides is 3. The van der Waals surface area contributed by atoms with Gasteiger partial charge in [0.15, 0.2) is 0 Å². The van der Waals surface area contributed by atoms with Crippen LogP contribution in [0.4, 0.5) is 5.69 Å². The minimum atomic E-state index is -0.445. The van der Waals surface area contributed by atoms with E-state index >= 15 is 0 Å². The molecule has 7 nitrogen and oxygen atoms in total. The molecule has 2 aliphatic heterocycles. The van der Waals surface area contributed by atoms with Gasteiger partial charge < -0.3 is 9.64 Å². The highest BCUT2D eigenvalue weighted by molar-refractivity contribution is 6.22. The minimum absolute atomic E-state index is 0.245. The number of fused-ring (bicyclic) bond motifs is 2. The molecule has 160 valence electrons. The second kappa shape index (κ2) is 7.65. The van der Waals surface area contributed by atoms with Gasteiger partial charge in [0.1, 0.15) is 0 Å². The molecular weight excluding hydrogens is 396 g/mol. The molecule has 0 radical (unpaired) electrons. The molecule has 0 aromatic heterocycles. The van der Waals surface area contributed by atoms with Crippen LogP contribution >= 0.6 is 0 Å². The summed E-state index contributed by atoms with van der Waals surface area (Å²) in [6.07, 6.45) is 0.429. The molecular formula is C24H24N2O5. The molecule has 2 aromatic rings. The quantitative estimate of drug-likeness (QED) is 0.561. The lowest BCUT2D eigenvalue weighted by Gasteiger charge is -2.38. The number of methoxy groups -OCH3 is 1. The lowest BCUT2D eigenvalue weighted by Crippen LogP contribution is -2.44. The van der Waals surface area contributed by atoms with E-state index in [9.17, 15) is 19.2 Å². The first-order chi connectivity index (χ1) is 14.8. The Morgan fingerprint density at radius 2 is 1.71 bits per heavy atom. The maximum atomic E-state index is 13.5. The van der Waals surface area contributed by atoms with Crippen LogP contribution in [0.1, 0.15) is 69.7 Å². The summed E-state index contributed by atoms with van der Waals surface area (Å²) in [5.41, 5.74) is 2.26. The molecule has 0 aliphatic carbocycles. The molecule has 3 amide bonds. The van der Waals surface area contributed by atoms with Crippen LogP contribution in [0.2, 0.25) is 0 Å². The summed E-state index contributed by atoms with van der Waals surface area (Å²) in [5, 5.41) is 0. The van der Waals surface area contributed by atoms with Crippen LogP contribution < -0.4 is 4.90 Å². The molecule has 2 aromatic carbocycles. The number of hydrogen-bond donors (Lipinski definition) is 0. The van der Waals surface area contributed by atoms with Crippen molar-refractivity contribution in [3.8, 4) is 0 Å². The normalized spacial score (nSPS) is 20.0. The zero-order valence-electron chi connectivity index (χ0n) is 17.9. The molecule has 2 aliphatic rings. The largest absolute Gasteiger partial charge is 0.469 e. The first-order valence-corrected chi connectivity index (χ1v) is 10.3. The number of carbonyl (C=O) groups excluding carboxylic acids is 4.